The Morgan fingerprint density at radius 1 is 1.13 bits per heavy atom. The molecule has 23 heavy (non-hydrogen) atoms. The Bertz CT molecular complexity index is 684. The average molecular weight is 331 g/mol. The number of nitrogens with zero attached hydrogens (tertiary/aromatic N) is 1. The van der Waals surface area contributed by atoms with Crippen molar-refractivity contribution in [3.63, 3.8) is 0 Å². The Balaban J connectivity index is 1.84. The maximum absolute atomic E-state index is 12.9. The average Bonchev–Trinajstić information content (AvgIpc) is 2.59. The van der Waals surface area contributed by atoms with E-state index in [9.17, 15) is 4.39 Å². The highest BCUT2D eigenvalue weighted by atomic mass is 32.1. The van der Waals surface area contributed by atoms with E-state index in [0.717, 1.165) is 22.6 Å². The first-order valence-electron chi connectivity index (χ1n) is 7.05. The predicted molar refractivity (Wildman–Crippen MR) is 94.2 cm³/mol. The van der Waals surface area contributed by atoms with Crippen LogP contribution in [0, 0.1) is 5.82 Å². The standard InChI is InChI=1S/C17H18FN3OS/c1-12(14-5-7-15(18)8-6-14)20-21-17(23)19-11-13-3-9-16(22-2)10-4-13/h3-10H,11H2,1-2H3,(H2,19,21,23)/b20-12-. The second kappa shape index (κ2) is 8.24. The molecule has 0 spiro atoms. The van der Waals surface area contributed by atoms with Crippen molar-refractivity contribution in [3.8, 4) is 5.75 Å². The van der Waals surface area contributed by atoms with Gasteiger partial charge in [-0.1, -0.05) is 24.3 Å². The summed E-state index contributed by atoms with van der Waals surface area (Å²) in [5, 5.41) is 7.67. The van der Waals surface area contributed by atoms with Gasteiger partial charge >= 0.3 is 0 Å². The fourth-order valence-corrected chi connectivity index (χ4v) is 1.97. The molecule has 2 aromatic rings. The second-order valence-corrected chi connectivity index (χ2v) is 5.25. The van der Waals surface area contributed by atoms with Gasteiger partial charge in [0.15, 0.2) is 5.11 Å². The smallest absolute Gasteiger partial charge is 0.187 e. The highest BCUT2D eigenvalue weighted by Gasteiger charge is 2.00. The Labute approximate surface area is 140 Å². The van der Waals surface area contributed by atoms with Crippen LogP contribution >= 0.6 is 12.2 Å². The van der Waals surface area contributed by atoms with Crippen molar-refractivity contribution in [1.29, 1.82) is 0 Å². The molecule has 0 atom stereocenters. The first-order valence-corrected chi connectivity index (χ1v) is 7.46. The van der Waals surface area contributed by atoms with E-state index >= 15 is 0 Å². The number of halogens is 1. The summed E-state index contributed by atoms with van der Waals surface area (Å²) in [4.78, 5) is 0. The fraction of sp³-hybridized carbons (Fsp3) is 0.176. The van der Waals surface area contributed by atoms with Crippen molar-refractivity contribution in [1.82, 2.24) is 10.7 Å². The van der Waals surface area contributed by atoms with Gasteiger partial charge in [0.1, 0.15) is 11.6 Å². The SMILES string of the molecule is COc1ccc(CNC(=S)N/N=C(/C)c2ccc(F)cc2)cc1. The second-order valence-electron chi connectivity index (χ2n) is 4.85. The van der Waals surface area contributed by atoms with Gasteiger partial charge in [0, 0.05) is 6.54 Å². The molecule has 6 heteroatoms. The summed E-state index contributed by atoms with van der Waals surface area (Å²) in [6.45, 7) is 2.41. The highest BCUT2D eigenvalue weighted by molar-refractivity contribution is 7.80. The minimum atomic E-state index is -0.272. The summed E-state index contributed by atoms with van der Waals surface area (Å²) in [7, 11) is 1.63. The lowest BCUT2D eigenvalue weighted by atomic mass is 10.1. The molecule has 0 radical (unpaired) electrons. The molecule has 2 rings (SSSR count). The quantitative estimate of drug-likeness (QED) is 0.502. The monoisotopic (exact) mass is 331 g/mol. The molecule has 0 unspecified atom stereocenters. The molecule has 4 nitrogen and oxygen atoms in total. The molecule has 0 bridgehead atoms. The summed E-state index contributed by atoms with van der Waals surface area (Å²) < 4.78 is 18.0. The van der Waals surface area contributed by atoms with E-state index in [1.165, 1.54) is 12.1 Å². The Kier molecular flexibility index (Phi) is 6.05. The van der Waals surface area contributed by atoms with E-state index in [1.54, 1.807) is 19.2 Å². The molecular formula is C17H18FN3OS. The minimum Gasteiger partial charge on any atom is -0.497 e. The maximum atomic E-state index is 12.9. The van der Waals surface area contributed by atoms with Gasteiger partial charge in [0.05, 0.1) is 12.8 Å². The molecule has 0 aromatic heterocycles. The Morgan fingerprint density at radius 2 is 1.78 bits per heavy atom. The topological polar surface area (TPSA) is 45.6 Å². The lowest BCUT2D eigenvalue weighted by Gasteiger charge is -2.09. The first-order chi connectivity index (χ1) is 11.1. The van der Waals surface area contributed by atoms with Crippen LogP contribution < -0.4 is 15.5 Å². The number of ether oxygens (including phenoxy) is 1. The third-order valence-electron chi connectivity index (χ3n) is 3.20. The normalized spacial score (nSPS) is 11.0. The molecule has 0 amide bonds. The highest BCUT2D eigenvalue weighted by Crippen LogP contribution is 2.10. The largest absolute Gasteiger partial charge is 0.497 e. The van der Waals surface area contributed by atoms with Gasteiger partial charge in [0.2, 0.25) is 0 Å². The van der Waals surface area contributed by atoms with E-state index in [2.05, 4.69) is 15.8 Å². The molecule has 0 saturated heterocycles. The Hall–Kier alpha value is -2.47. The van der Waals surface area contributed by atoms with Crippen LogP contribution in [-0.4, -0.2) is 17.9 Å². The third-order valence-corrected chi connectivity index (χ3v) is 3.43. The van der Waals surface area contributed by atoms with E-state index in [0.29, 0.717) is 11.7 Å². The number of thiocarbonyl (C=S) groups is 1. The first kappa shape index (κ1) is 16.9. The fourth-order valence-electron chi connectivity index (χ4n) is 1.86. The summed E-state index contributed by atoms with van der Waals surface area (Å²) in [5.41, 5.74) is 5.41. The van der Waals surface area contributed by atoms with Crippen molar-refractivity contribution >= 4 is 23.0 Å². The summed E-state index contributed by atoms with van der Waals surface area (Å²) in [5.74, 6) is 0.542. The van der Waals surface area contributed by atoms with Crippen molar-refractivity contribution in [2.45, 2.75) is 13.5 Å². The number of methoxy groups -OCH3 is 1. The van der Waals surface area contributed by atoms with E-state index in [1.807, 2.05) is 31.2 Å². The van der Waals surface area contributed by atoms with Crippen LogP contribution in [0.25, 0.3) is 0 Å². The van der Waals surface area contributed by atoms with Crippen molar-refractivity contribution < 1.29 is 9.13 Å². The zero-order valence-electron chi connectivity index (χ0n) is 13.0. The molecule has 0 aliphatic rings. The van der Waals surface area contributed by atoms with Crippen LogP contribution in [0.2, 0.25) is 0 Å². The summed E-state index contributed by atoms with van der Waals surface area (Å²) >= 11 is 5.18. The number of hydrogen-bond donors (Lipinski definition) is 2. The molecule has 120 valence electrons. The van der Waals surface area contributed by atoms with Gasteiger partial charge in [-0.25, -0.2) is 4.39 Å². The number of hydrogen-bond acceptors (Lipinski definition) is 3. The van der Waals surface area contributed by atoms with Crippen LogP contribution in [0.4, 0.5) is 4.39 Å². The maximum Gasteiger partial charge on any atom is 0.187 e. The van der Waals surface area contributed by atoms with Crippen LogP contribution in [0.1, 0.15) is 18.1 Å². The van der Waals surface area contributed by atoms with E-state index < -0.39 is 0 Å². The lowest BCUT2D eigenvalue weighted by molar-refractivity contribution is 0.414. The van der Waals surface area contributed by atoms with Gasteiger partial charge in [-0.3, -0.25) is 5.43 Å². The minimum absolute atomic E-state index is 0.272. The van der Waals surface area contributed by atoms with Crippen molar-refractivity contribution in [2.75, 3.05) is 7.11 Å². The van der Waals surface area contributed by atoms with Gasteiger partial charge in [0.25, 0.3) is 0 Å². The van der Waals surface area contributed by atoms with Gasteiger partial charge in [-0.05, 0) is 54.5 Å². The third kappa shape index (κ3) is 5.34. The van der Waals surface area contributed by atoms with Crippen molar-refractivity contribution in [3.05, 3.63) is 65.5 Å². The van der Waals surface area contributed by atoms with Crippen LogP contribution in [0.15, 0.2) is 53.6 Å². The molecule has 0 aliphatic carbocycles. The summed E-state index contributed by atoms with van der Waals surface area (Å²) in [6.07, 6.45) is 0. The zero-order chi connectivity index (χ0) is 16.7. The number of hydrazone groups is 1. The van der Waals surface area contributed by atoms with Crippen LogP contribution in [-0.2, 0) is 6.54 Å². The van der Waals surface area contributed by atoms with Gasteiger partial charge in [-0.2, -0.15) is 5.10 Å². The predicted octanol–water partition coefficient (Wildman–Crippen LogP) is 3.22. The molecule has 2 aromatic carbocycles. The Morgan fingerprint density at radius 3 is 2.39 bits per heavy atom. The van der Waals surface area contributed by atoms with Crippen LogP contribution in [0.3, 0.4) is 0 Å². The van der Waals surface area contributed by atoms with Gasteiger partial charge < -0.3 is 10.1 Å². The van der Waals surface area contributed by atoms with E-state index in [-0.39, 0.29) is 5.82 Å². The summed E-state index contributed by atoms with van der Waals surface area (Å²) in [6, 6.07) is 13.8. The van der Waals surface area contributed by atoms with Gasteiger partial charge in [-0.15, -0.1) is 0 Å². The number of rotatable bonds is 5. The molecule has 0 fully saturated rings. The molecule has 0 aliphatic heterocycles. The molecule has 0 heterocycles. The molecule has 0 saturated carbocycles. The zero-order valence-corrected chi connectivity index (χ0v) is 13.8. The number of nitrogens with one attached hydrogen (secondary N) is 2. The number of benzene rings is 2. The molecular weight excluding hydrogens is 313 g/mol. The lowest BCUT2D eigenvalue weighted by Crippen LogP contribution is -2.32. The van der Waals surface area contributed by atoms with Crippen molar-refractivity contribution in [2.24, 2.45) is 5.10 Å². The van der Waals surface area contributed by atoms with E-state index in [4.69, 9.17) is 17.0 Å². The van der Waals surface area contributed by atoms with Crippen LogP contribution in [0.5, 0.6) is 5.75 Å². The molecule has 2 N–H and O–H groups in total.